The second-order valence-electron chi connectivity index (χ2n) is 10.8. The Hall–Kier alpha value is -4.13. The van der Waals surface area contributed by atoms with Gasteiger partial charge >= 0.3 is 5.97 Å². The second kappa shape index (κ2) is 13.4. The summed E-state index contributed by atoms with van der Waals surface area (Å²) in [6.07, 6.45) is -0.477. The van der Waals surface area contributed by atoms with E-state index in [-0.39, 0.29) is 45.9 Å². The zero-order chi connectivity index (χ0) is 31.3. The molecular formula is C31H37N3O8S. The van der Waals surface area contributed by atoms with Gasteiger partial charge < -0.3 is 24.6 Å². The van der Waals surface area contributed by atoms with Gasteiger partial charge in [0.2, 0.25) is 0 Å². The van der Waals surface area contributed by atoms with E-state index in [1.54, 1.807) is 66.4 Å². The average Bonchev–Trinajstić information content (AvgIpc) is 2.99. The molecule has 0 fully saturated rings. The Labute approximate surface area is 251 Å². The number of para-hydroxylation sites is 1. The summed E-state index contributed by atoms with van der Waals surface area (Å²) < 4.78 is 40.9. The molecule has 0 unspecified atom stereocenters. The molecule has 0 bridgehead atoms. The molecule has 0 aromatic heterocycles. The molecule has 0 radical (unpaired) electrons. The lowest BCUT2D eigenvalue weighted by molar-refractivity contribution is 0.0343. The molecule has 3 N–H and O–H groups in total. The molecule has 3 aromatic rings. The third-order valence-corrected chi connectivity index (χ3v) is 8.83. The lowest BCUT2D eigenvalue weighted by atomic mass is 9.99. The molecule has 1 aliphatic heterocycles. The largest absolute Gasteiger partial charge is 0.497 e. The van der Waals surface area contributed by atoms with Crippen LogP contribution in [0.25, 0.3) is 0 Å². The fraction of sp³-hybridized carbons (Fsp3) is 0.355. The number of aromatic carboxylic acids is 1. The van der Waals surface area contributed by atoms with Crippen LogP contribution in [0.5, 0.6) is 11.5 Å². The molecule has 4 rings (SSSR count). The normalized spacial score (nSPS) is 17.8. The quantitative estimate of drug-likeness (QED) is 0.296. The van der Waals surface area contributed by atoms with Crippen molar-refractivity contribution in [2.45, 2.75) is 37.4 Å². The molecule has 12 heteroatoms. The summed E-state index contributed by atoms with van der Waals surface area (Å²) >= 11 is 0. The van der Waals surface area contributed by atoms with Gasteiger partial charge in [0.05, 0.1) is 41.5 Å². The first kappa shape index (κ1) is 31.8. The van der Waals surface area contributed by atoms with E-state index >= 15 is 0 Å². The van der Waals surface area contributed by atoms with Gasteiger partial charge in [-0.15, -0.1) is 0 Å². The van der Waals surface area contributed by atoms with Gasteiger partial charge in [0, 0.05) is 25.6 Å². The summed E-state index contributed by atoms with van der Waals surface area (Å²) in [6.45, 7) is 4.69. The van der Waals surface area contributed by atoms with Crippen LogP contribution in [0.2, 0.25) is 0 Å². The Bertz CT molecular complexity index is 1540. The first-order chi connectivity index (χ1) is 20.4. The fourth-order valence-electron chi connectivity index (χ4n) is 4.94. The highest BCUT2D eigenvalue weighted by Crippen LogP contribution is 2.36. The number of aliphatic hydroxyl groups is 1. The number of carboxylic acid groups (broad SMARTS) is 1. The van der Waals surface area contributed by atoms with Crippen LogP contribution in [0, 0.1) is 5.92 Å². The summed E-state index contributed by atoms with van der Waals surface area (Å²) in [5, 5.41) is 19.1. The van der Waals surface area contributed by atoms with Gasteiger partial charge in [-0.1, -0.05) is 25.1 Å². The predicted molar refractivity (Wildman–Crippen MR) is 161 cm³/mol. The van der Waals surface area contributed by atoms with E-state index in [9.17, 15) is 28.2 Å². The summed E-state index contributed by atoms with van der Waals surface area (Å²) in [6, 6.07) is 16.8. The van der Waals surface area contributed by atoms with Crippen molar-refractivity contribution in [1.29, 1.82) is 0 Å². The lowest BCUT2D eigenvalue weighted by Gasteiger charge is -2.38. The van der Waals surface area contributed by atoms with Crippen LogP contribution < -0.4 is 14.2 Å². The van der Waals surface area contributed by atoms with Crippen LogP contribution in [-0.2, 0) is 16.6 Å². The summed E-state index contributed by atoms with van der Waals surface area (Å²) in [4.78, 5) is 28.6. The number of likely N-dealkylation sites (N-methyl/N-ethyl adjacent to an activating group) is 1. The van der Waals surface area contributed by atoms with Crippen molar-refractivity contribution in [2.24, 2.45) is 5.92 Å². The number of carboxylic acids is 1. The number of ether oxygens (including phenoxy) is 2. The first-order valence-corrected chi connectivity index (χ1v) is 15.3. The van der Waals surface area contributed by atoms with Crippen molar-refractivity contribution >= 4 is 27.6 Å². The molecule has 1 aliphatic rings. The van der Waals surface area contributed by atoms with Crippen molar-refractivity contribution in [1.82, 2.24) is 9.80 Å². The van der Waals surface area contributed by atoms with Gasteiger partial charge in [-0.2, -0.15) is 0 Å². The summed E-state index contributed by atoms with van der Waals surface area (Å²) in [5.74, 6) is -0.955. The van der Waals surface area contributed by atoms with Gasteiger partial charge in [-0.25, -0.2) is 13.2 Å². The number of rotatable bonds is 11. The van der Waals surface area contributed by atoms with E-state index in [1.807, 2.05) is 18.9 Å². The molecule has 0 aliphatic carbocycles. The highest BCUT2D eigenvalue weighted by molar-refractivity contribution is 7.92. The third-order valence-electron chi connectivity index (χ3n) is 7.45. The molecule has 0 saturated carbocycles. The maximum Gasteiger partial charge on any atom is 0.335 e. The van der Waals surface area contributed by atoms with E-state index in [1.165, 1.54) is 19.2 Å². The van der Waals surface area contributed by atoms with Crippen molar-refractivity contribution in [3.63, 3.8) is 0 Å². The number of anilines is 1. The smallest absolute Gasteiger partial charge is 0.335 e. The monoisotopic (exact) mass is 611 g/mol. The van der Waals surface area contributed by atoms with Gasteiger partial charge in [0.1, 0.15) is 11.9 Å². The van der Waals surface area contributed by atoms with Gasteiger partial charge in [-0.05, 0) is 68.1 Å². The molecule has 3 aromatic carbocycles. The Morgan fingerprint density at radius 2 is 1.81 bits per heavy atom. The molecule has 1 heterocycles. The fourth-order valence-corrected chi connectivity index (χ4v) is 6.00. The van der Waals surface area contributed by atoms with Gasteiger partial charge in [0.15, 0.2) is 5.75 Å². The zero-order valence-corrected chi connectivity index (χ0v) is 25.4. The van der Waals surface area contributed by atoms with Crippen molar-refractivity contribution in [3.05, 3.63) is 83.4 Å². The van der Waals surface area contributed by atoms with Crippen LogP contribution in [0.1, 0.15) is 40.1 Å². The SMILES string of the molecule is COc1ccc(S(=O)(=O)Nc2cccc3c2O[C@H](CN(C)Cc2ccc(C(=O)O)cc2)[C@@H](C)CN([C@@H](C)CO)C3=O)cc1. The number of amides is 1. The van der Waals surface area contributed by atoms with E-state index in [2.05, 4.69) is 4.72 Å². The van der Waals surface area contributed by atoms with Crippen LogP contribution in [0.3, 0.4) is 0 Å². The standard InChI is InChI=1S/C31H37N3O8S/c1-20-16-34(21(2)19-35)30(36)26-6-5-7-27(32-43(39,40)25-14-12-24(41-4)13-15-25)29(26)42-28(20)18-33(3)17-22-8-10-23(11-9-22)31(37)38/h5-15,20-21,28,32,35H,16-19H2,1-4H3,(H,37,38)/t20-,21-,28+/m0/s1. The number of benzene rings is 3. The lowest BCUT2D eigenvalue weighted by Crippen LogP contribution is -2.49. The van der Waals surface area contributed by atoms with Gasteiger partial charge in [0.25, 0.3) is 15.9 Å². The molecule has 3 atom stereocenters. The molecule has 1 amide bonds. The molecule has 43 heavy (non-hydrogen) atoms. The number of hydrogen-bond acceptors (Lipinski definition) is 8. The van der Waals surface area contributed by atoms with Crippen LogP contribution in [-0.4, -0.2) is 86.3 Å². The number of sulfonamides is 1. The Morgan fingerprint density at radius 1 is 1.14 bits per heavy atom. The summed E-state index contributed by atoms with van der Waals surface area (Å²) in [7, 11) is -0.662. The topological polar surface area (TPSA) is 146 Å². The minimum absolute atomic E-state index is 0.0113. The highest BCUT2D eigenvalue weighted by atomic mass is 32.2. The van der Waals surface area contributed by atoms with Crippen molar-refractivity contribution in [3.8, 4) is 11.5 Å². The maximum atomic E-state index is 13.7. The maximum absolute atomic E-state index is 13.7. The van der Waals surface area contributed by atoms with E-state index in [0.29, 0.717) is 25.4 Å². The van der Waals surface area contributed by atoms with Crippen molar-refractivity contribution < 1.29 is 37.7 Å². The van der Waals surface area contributed by atoms with Gasteiger partial charge in [-0.3, -0.25) is 14.4 Å². The van der Waals surface area contributed by atoms with Crippen LogP contribution in [0.15, 0.2) is 71.6 Å². The number of nitrogens with zero attached hydrogens (tertiary/aromatic N) is 2. The Kier molecular flexibility index (Phi) is 9.95. The highest BCUT2D eigenvalue weighted by Gasteiger charge is 2.35. The number of nitrogens with one attached hydrogen (secondary N) is 1. The molecule has 0 spiro atoms. The Morgan fingerprint density at radius 3 is 2.42 bits per heavy atom. The minimum atomic E-state index is -4.05. The van der Waals surface area contributed by atoms with E-state index in [0.717, 1.165) is 5.56 Å². The first-order valence-electron chi connectivity index (χ1n) is 13.8. The third kappa shape index (κ3) is 7.45. The Balaban J connectivity index is 1.67. The number of hydrogen-bond donors (Lipinski definition) is 3. The molecule has 230 valence electrons. The molecular weight excluding hydrogens is 574 g/mol. The van der Waals surface area contributed by atoms with E-state index in [4.69, 9.17) is 9.47 Å². The van der Waals surface area contributed by atoms with Crippen LogP contribution in [0.4, 0.5) is 5.69 Å². The summed E-state index contributed by atoms with van der Waals surface area (Å²) in [5.41, 5.74) is 1.40. The number of carbonyl (C=O) groups excluding carboxylic acids is 1. The predicted octanol–water partition coefficient (Wildman–Crippen LogP) is 3.55. The zero-order valence-electron chi connectivity index (χ0n) is 24.6. The number of methoxy groups -OCH3 is 1. The number of aliphatic hydroxyl groups excluding tert-OH is 1. The number of carbonyl (C=O) groups is 2. The average molecular weight is 612 g/mol. The number of fused-ring (bicyclic) bond motifs is 1. The van der Waals surface area contributed by atoms with Crippen molar-refractivity contribution in [2.75, 3.05) is 38.6 Å². The van der Waals surface area contributed by atoms with E-state index < -0.39 is 28.1 Å². The second-order valence-corrected chi connectivity index (χ2v) is 12.5. The van der Waals surface area contributed by atoms with Crippen LogP contribution >= 0.6 is 0 Å². The molecule has 0 saturated heterocycles. The minimum Gasteiger partial charge on any atom is -0.497 e. The molecule has 11 nitrogen and oxygen atoms in total.